The first-order valence-electron chi connectivity index (χ1n) is 32.4. The summed E-state index contributed by atoms with van der Waals surface area (Å²) in [6, 6.07) is -0.540. The predicted octanol–water partition coefficient (Wildman–Crippen LogP) is 20.4. The molecule has 0 aliphatic rings. The molecular weight excluding hydrogens is 875 g/mol. The lowest BCUT2D eigenvalue weighted by Gasteiger charge is -2.22. The van der Waals surface area contributed by atoms with Gasteiger partial charge < -0.3 is 20.3 Å². The summed E-state index contributed by atoms with van der Waals surface area (Å²) in [7, 11) is 0. The highest BCUT2D eigenvalue weighted by atomic mass is 16.5. The summed E-state index contributed by atoms with van der Waals surface area (Å²) in [5.74, 6) is -0.0241. The van der Waals surface area contributed by atoms with E-state index in [0.717, 1.165) is 44.9 Å². The largest absolute Gasteiger partial charge is 0.466 e. The highest BCUT2D eigenvalue weighted by molar-refractivity contribution is 5.76. The van der Waals surface area contributed by atoms with Gasteiger partial charge in [0.25, 0.3) is 0 Å². The quantitative estimate of drug-likeness (QED) is 0.0320. The highest BCUT2D eigenvalue weighted by Gasteiger charge is 2.20. The molecule has 0 bridgehead atoms. The zero-order chi connectivity index (χ0) is 51.4. The van der Waals surface area contributed by atoms with Crippen LogP contribution in [0.2, 0.25) is 0 Å². The van der Waals surface area contributed by atoms with Gasteiger partial charge in [-0.1, -0.05) is 315 Å². The lowest BCUT2D eigenvalue weighted by Crippen LogP contribution is -2.45. The van der Waals surface area contributed by atoms with Gasteiger partial charge in [0.05, 0.1) is 25.4 Å². The number of ether oxygens (including phenoxy) is 1. The molecule has 0 saturated heterocycles. The molecule has 0 aromatic heterocycles. The van der Waals surface area contributed by atoms with Crippen molar-refractivity contribution in [1.29, 1.82) is 0 Å². The molecule has 0 radical (unpaired) electrons. The minimum Gasteiger partial charge on any atom is -0.466 e. The third-order valence-electron chi connectivity index (χ3n) is 15.3. The Morgan fingerprint density at radius 1 is 0.380 bits per heavy atom. The van der Waals surface area contributed by atoms with Crippen molar-refractivity contribution in [3.8, 4) is 0 Å². The molecule has 0 aromatic rings. The van der Waals surface area contributed by atoms with E-state index >= 15 is 0 Å². The fourth-order valence-corrected chi connectivity index (χ4v) is 10.3. The molecule has 0 heterocycles. The van der Waals surface area contributed by atoms with Crippen LogP contribution < -0.4 is 5.32 Å². The van der Waals surface area contributed by atoms with Crippen molar-refractivity contribution in [3.05, 3.63) is 12.2 Å². The lowest BCUT2D eigenvalue weighted by atomic mass is 10.0. The summed E-state index contributed by atoms with van der Waals surface area (Å²) in [5, 5.41) is 23.3. The molecule has 0 aromatic carbocycles. The van der Waals surface area contributed by atoms with Crippen molar-refractivity contribution in [2.45, 2.75) is 379 Å². The number of rotatable bonds is 61. The average Bonchev–Trinajstić information content (AvgIpc) is 3.37. The Bertz CT molecular complexity index is 1060. The van der Waals surface area contributed by atoms with Gasteiger partial charge in [-0.15, -0.1) is 0 Å². The van der Waals surface area contributed by atoms with Crippen LogP contribution in [-0.2, 0) is 14.3 Å². The third-order valence-corrected chi connectivity index (χ3v) is 15.3. The molecule has 422 valence electrons. The van der Waals surface area contributed by atoms with Crippen LogP contribution in [0.15, 0.2) is 12.2 Å². The number of carbonyl (C=O) groups is 2. The van der Waals surface area contributed by atoms with Crippen LogP contribution in [0.1, 0.15) is 367 Å². The zero-order valence-corrected chi connectivity index (χ0v) is 48.2. The van der Waals surface area contributed by atoms with E-state index in [9.17, 15) is 19.8 Å². The molecule has 6 nitrogen and oxygen atoms in total. The van der Waals surface area contributed by atoms with E-state index in [1.54, 1.807) is 0 Å². The van der Waals surface area contributed by atoms with Crippen molar-refractivity contribution >= 4 is 11.9 Å². The average molecular weight is 1000 g/mol. The van der Waals surface area contributed by atoms with E-state index in [1.807, 2.05) is 0 Å². The van der Waals surface area contributed by atoms with Gasteiger partial charge in [-0.3, -0.25) is 9.59 Å². The van der Waals surface area contributed by atoms with Gasteiger partial charge in [0.2, 0.25) is 5.91 Å². The van der Waals surface area contributed by atoms with E-state index in [0.29, 0.717) is 25.9 Å². The van der Waals surface area contributed by atoms with Crippen molar-refractivity contribution < 1.29 is 24.5 Å². The molecule has 0 aliphatic heterocycles. The van der Waals surface area contributed by atoms with Crippen molar-refractivity contribution in [2.75, 3.05) is 13.2 Å². The predicted molar refractivity (Wildman–Crippen MR) is 310 cm³/mol. The van der Waals surface area contributed by atoms with Crippen LogP contribution >= 0.6 is 0 Å². The summed E-state index contributed by atoms with van der Waals surface area (Å²) >= 11 is 0. The van der Waals surface area contributed by atoms with E-state index in [-0.39, 0.29) is 18.5 Å². The minimum atomic E-state index is -0.663. The van der Waals surface area contributed by atoms with Crippen LogP contribution in [0, 0.1) is 0 Å². The molecule has 71 heavy (non-hydrogen) atoms. The molecule has 2 unspecified atom stereocenters. The molecule has 2 atom stereocenters. The topological polar surface area (TPSA) is 95.9 Å². The summed E-state index contributed by atoms with van der Waals surface area (Å²) in [6.45, 7) is 4.97. The van der Waals surface area contributed by atoms with Gasteiger partial charge >= 0.3 is 5.97 Å². The van der Waals surface area contributed by atoms with Gasteiger partial charge in [-0.05, 0) is 51.4 Å². The highest BCUT2D eigenvalue weighted by Crippen LogP contribution is 2.18. The number of carbonyl (C=O) groups excluding carboxylic acids is 2. The number of allylic oxidation sites excluding steroid dienone is 2. The number of unbranched alkanes of at least 4 members (excludes halogenated alkanes) is 48. The number of aliphatic hydroxyl groups excluding tert-OH is 2. The number of amides is 1. The molecule has 0 rings (SSSR count). The van der Waals surface area contributed by atoms with Crippen molar-refractivity contribution in [1.82, 2.24) is 5.32 Å². The maximum Gasteiger partial charge on any atom is 0.305 e. The molecular formula is C65H127NO5. The molecule has 0 saturated carbocycles. The minimum absolute atomic E-state index is 0.00734. The SMILES string of the molecule is CCCCCCCC/C=C\CCCCCCCC(=O)OCCCCCCCCCCCCCCCCCCCCCCCCCC(=O)NC(CO)C(O)CCCCCCCCCCCCCCCCCC. The monoisotopic (exact) mass is 1000 g/mol. The Labute approximate surface area is 444 Å². The summed E-state index contributed by atoms with van der Waals surface area (Å²) in [4.78, 5) is 24.6. The summed E-state index contributed by atoms with van der Waals surface area (Å²) in [5.41, 5.74) is 0. The Kier molecular flexibility index (Phi) is 59.9. The van der Waals surface area contributed by atoms with Crippen molar-refractivity contribution in [3.63, 3.8) is 0 Å². The van der Waals surface area contributed by atoms with Gasteiger partial charge in [-0.25, -0.2) is 0 Å². The fourth-order valence-electron chi connectivity index (χ4n) is 10.3. The molecule has 0 aliphatic carbocycles. The zero-order valence-electron chi connectivity index (χ0n) is 48.2. The van der Waals surface area contributed by atoms with Crippen LogP contribution in [0.5, 0.6) is 0 Å². The second-order valence-electron chi connectivity index (χ2n) is 22.5. The van der Waals surface area contributed by atoms with Crippen molar-refractivity contribution in [2.24, 2.45) is 0 Å². The van der Waals surface area contributed by atoms with Crippen LogP contribution in [0.25, 0.3) is 0 Å². The maximum atomic E-state index is 12.5. The first-order valence-corrected chi connectivity index (χ1v) is 32.4. The Morgan fingerprint density at radius 3 is 1.00 bits per heavy atom. The Morgan fingerprint density at radius 2 is 0.662 bits per heavy atom. The third kappa shape index (κ3) is 57.7. The molecule has 0 fully saturated rings. The van der Waals surface area contributed by atoms with E-state index in [2.05, 4.69) is 31.3 Å². The van der Waals surface area contributed by atoms with E-state index < -0.39 is 12.1 Å². The number of aliphatic hydroxyl groups is 2. The first kappa shape index (κ1) is 69.6. The van der Waals surface area contributed by atoms with Gasteiger partial charge in [-0.2, -0.15) is 0 Å². The van der Waals surface area contributed by atoms with Crippen LogP contribution in [0.3, 0.4) is 0 Å². The maximum absolute atomic E-state index is 12.5. The standard InChI is InChI=1S/C65H127NO5/c1-3-5-7-9-11-13-15-17-19-30-33-37-41-45-49-53-57-63(68)62(61-67)66-64(69)58-54-50-46-42-38-34-31-27-25-23-21-20-22-24-26-28-32-36-40-44-48-52-56-60-71-65(70)59-55-51-47-43-39-35-29-18-16-14-12-10-8-6-4-2/h18,29,62-63,67-68H,3-17,19-28,30-61H2,1-2H3,(H,66,69)/b29-18-. The van der Waals surface area contributed by atoms with Crippen LogP contribution in [0.4, 0.5) is 0 Å². The van der Waals surface area contributed by atoms with Gasteiger partial charge in [0.1, 0.15) is 0 Å². The molecule has 6 heteroatoms. The molecule has 3 N–H and O–H groups in total. The van der Waals surface area contributed by atoms with Gasteiger partial charge in [0.15, 0.2) is 0 Å². The second-order valence-corrected chi connectivity index (χ2v) is 22.5. The molecule has 0 spiro atoms. The smallest absolute Gasteiger partial charge is 0.305 e. The Balaban J connectivity index is 3.36. The Hall–Kier alpha value is -1.40. The van der Waals surface area contributed by atoms with E-state index in [1.165, 1.54) is 289 Å². The molecule has 1 amide bonds. The summed E-state index contributed by atoms with van der Waals surface area (Å²) in [6.07, 6.45) is 73.7. The number of hydrogen-bond donors (Lipinski definition) is 3. The number of esters is 1. The number of nitrogens with one attached hydrogen (secondary N) is 1. The first-order chi connectivity index (χ1) is 35.0. The van der Waals surface area contributed by atoms with Gasteiger partial charge in [0, 0.05) is 12.8 Å². The van der Waals surface area contributed by atoms with Crippen LogP contribution in [-0.4, -0.2) is 47.4 Å². The lowest BCUT2D eigenvalue weighted by molar-refractivity contribution is -0.143. The normalized spacial score (nSPS) is 12.6. The summed E-state index contributed by atoms with van der Waals surface area (Å²) < 4.78 is 5.49. The second kappa shape index (κ2) is 61.1. The fraction of sp³-hybridized carbons (Fsp3) is 0.938. The number of hydrogen-bond acceptors (Lipinski definition) is 5. The van der Waals surface area contributed by atoms with E-state index in [4.69, 9.17) is 4.74 Å².